The fourth-order valence-electron chi connectivity index (χ4n) is 4.64. The van der Waals surface area contributed by atoms with Gasteiger partial charge in [-0.05, 0) is 81.7 Å². The molecule has 1 saturated heterocycles. The van der Waals surface area contributed by atoms with Gasteiger partial charge in [-0.1, -0.05) is 30.3 Å². The highest BCUT2D eigenvalue weighted by molar-refractivity contribution is 5.76. The van der Waals surface area contributed by atoms with Crippen LogP contribution in [0.5, 0.6) is 5.75 Å². The molecule has 5 nitrogen and oxygen atoms in total. The van der Waals surface area contributed by atoms with Crippen LogP contribution in [0.25, 0.3) is 0 Å². The molecule has 0 aliphatic carbocycles. The summed E-state index contributed by atoms with van der Waals surface area (Å²) < 4.78 is 6.02. The van der Waals surface area contributed by atoms with Crippen molar-refractivity contribution in [2.75, 3.05) is 25.4 Å². The molecule has 0 saturated carbocycles. The second-order valence-electron chi connectivity index (χ2n) is 9.26. The Morgan fingerprint density at radius 2 is 1.66 bits per heavy atom. The van der Waals surface area contributed by atoms with Crippen LogP contribution in [0.15, 0.2) is 30.3 Å². The summed E-state index contributed by atoms with van der Waals surface area (Å²) in [5, 5.41) is 3.21. The summed E-state index contributed by atoms with van der Waals surface area (Å²) in [4.78, 5) is 15.0. The number of nitrogens with one attached hydrogen (secondary N) is 1. The number of hydrogen-bond donors (Lipinski definition) is 2. The van der Waals surface area contributed by atoms with Gasteiger partial charge in [-0.15, -0.1) is 0 Å². The Kier molecular flexibility index (Phi) is 8.19. The van der Waals surface area contributed by atoms with Gasteiger partial charge in [0.1, 0.15) is 5.75 Å². The van der Waals surface area contributed by atoms with E-state index in [1.54, 1.807) is 0 Å². The minimum Gasteiger partial charge on any atom is -0.492 e. The molecule has 3 rings (SSSR count). The van der Waals surface area contributed by atoms with Crippen LogP contribution in [-0.4, -0.2) is 42.6 Å². The highest BCUT2D eigenvalue weighted by Gasteiger charge is 2.24. The Bertz CT molecular complexity index is 889. The van der Waals surface area contributed by atoms with E-state index in [4.69, 9.17) is 10.5 Å². The summed E-state index contributed by atoms with van der Waals surface area (Å²) in [5.41, 5.74) is 12.6. The first kappa shape index (κ1) is 24.1. The first-order chi connectivity index (χ1) is 15.3. The van der Waals surface area contributed by atoms with Gasteiger partial charge in [0, 0.05) is 30.9 Å². The van der Waals surface area contributed by atoms with Gasteiger partial charge in [0.05, 0.1) is 13.0 Å². The monoisotopic (exact) mass is 437 g/mol. The van der Waals surface area contributed by atoms with Crippen molar-refractivity contribution >= 4 is 11.6 Å². The van der Waals surface area contributed by atoms with Crippen LogP contribution in [0.2, 0.25) is 0 Å². The van der Waals surface area contributed by atoms with Crippen LogP contribution in [-0.2, 0) is 11.2 Å². The number of carbonyl (C=O) groups excluding carboxylic acids is 1. The molecule has 32 heavy (non-hydrogen) atoms. The average Bonchev–Trinajstić information content (AvgIpc) is 2.79. The lowest BCUT2D eigenvalue weighted by atomic mass is 9.97. The van der Waals surface area contributed by atoms with Gasteiger partial charge in [-0.25, -0.2) is 0 Å². The largest absolute Gasteiger partial charge is 0.492 e. The summed E-state index contributed by atoms with van der Waals surface area (Å²) in [6.07, 6.45) is 3.44. The zero-order valence-corrected chi connectivity index (χ0v) is 20.3. The van der Waals surface area contributed by atoms with E-state index in [1.807, 2.05) is 27.7 Å². The molecule has 1 heterocycles. The number of likely N-dealkylation sites (tertiary alicyclic amines) is 1. The van der Waals surface area contributed by atoms with Crippen LogP contribution in [0.3, 0.4) is 0 Å². The third kappa shape index (κ3) is 5.83. The second-order valence-corrected chi connectivity index (χ2v) is 9.26. The van der Waals surface area contributed by atoms with Crippen molar-refractivity contribution < 1.29 is 9.53 Å². The Morgan fingerprint density at radius 1 is 1.06 bits per heavy atom. The molecule has 1 aliphatic rings. The lowest BCUT2D eigenvalue weighted by Crippen LogP contribution is -2.47. The smallest absolute Gasteiger partial charge is 0.223 e. The lowest BCUT2D eigenvalue weighted by molar-refractivity contribution is -0.122. The second kappa shape index (κ2) is 10.9. The van der Waals surface area contributed by atoms with Crippen LogP contribution in [0.1, 0.15) is 54.0 Å². The number of nitrogens with two attached hydrogens (primary N) is 1. The number of rotatable bonds is 8. The molecule has 5 heteroatoms. The van der Waals surface area contributed by atoms with Gasteiger partial charge in [0.25, 0.3) is 0 Å². The molecule has 0 spiro atoms. The maximum atomic E-state index is 12.5. The van der Waals surface area contributed by atoms with Gasteiger partial charge in [-0.3, -0.25) is 4.79 Å². The molecule has 0 bridgehead atoms. The van der Waals surface area contributed by atoms with Gasteiger partial charge in [0.15, 0.2) is 0 Å². The number of anilines is 1. The van der Waals surface area contributed by atoms with Crippen molar-refractivity contribution in [2.45, 2.75) is 72.4 Å². The van der Waals surface area contributed by atoms with E-state index in [9.17, 15) is 4.79 Å². The first-order valence-corrected chi connectivity index (χ1v) is 11.8. The van der Waals surface area contributed by atoms with E-state index in [2.05, 4.69) is 47.5 Å². The van der Waals surface area contributed by atoms with Crippen molar-refractivity contribution in [1.29, 1.82) is 0 Å². The van der Waals surface area contributed by atoms with Crippen molar-refractivity contribution in [3.63, 3.8) is 0 Å². The summed E-state index contributed by atoms with van der Waals surface area (Å²) in [5.74, 6) is 0.933. The van der Waals surface area contributed by atoms with E-state index in [1.165, 1.54) is 5.56 Å². The molecule has 1 aliphatic heterocycles. The third-order valence-corrected chi connectivity index (χ3v) is 7.08. The highest BCUT2D eigenvalue weighted by Crippen LogP contribution is 2.34. The molecular formula is C27H39N3O2. The summed E-state index contributed by atoms with van der Waals surface area (Å²) in [7, 11) is 0. The van der Waals surface area contributed by atoms with Gasteiger partial charge >= 0.3 is 0 Å². The molecule has 1 atom stereocenters. The molecule has 0 radical (unpaired) electrons. The summed E-state index contributed by atoms with van der Waals surface area (Å²) in [6.45, 7) is 12.8. The van der Waals surface area contributed by atoms with Crippen LogP contribution in [0.4, 0.5) is 5.69 Å². The predicted octanol–water partition coefficient (Wildman–Crippen LogP) is 4.48. The lowest BCUT2D eigenvalue weighted by Gasteiger charge is -2.36. The number of hydrogen-bond acceptors (Lipinski definition) is 4. The SMILES string of the molecule is Cc1c(C)c(OCCC(=O)NC2CCN(C(C)Cc3ccccc3)CC2)c(C)c(C)c1N. The number of amides is 1. The van der Waals surface area contributed by atoms with Crippen LogP contribution in [0, 0.1) is 27.7 Å². The van der Waals surface area contributed by atoms with Crippen molar-refractivity contribution in [3.8, 4) is 5.75 Å². The fraction of sp³-hybridized carbons (Fsp3) is 0.519. The van der Waals surface area contributed by atoms with Gasteiger partial charge < -0.3 is 20.7 Å². The Hall–Kier alpha value is -2.53. The Balaban J connectivity index is 1.41. The van der Waals surface area contributed by atoms with Crippen LogP contribution >= 0.6 is 0 Å². The van der Waals surface area contributed by atoms with Gasteiger partial charge in [-0.2, -0.15) is 0 Å². The number of nitrogens with zero attached hydrogens (tertiary/aromatic N) is 1. The quantitative estimate of drug-likeness (QED) is 0.598. The first-order valence-electron chi connectivity index (χ1n) is 11.8. The zero-order valence-electron chi connectivity index (χ0n) is 20.3. The van der Waals surface area contributed by atoms with Crippen molar-refractivity contribution in [3.05, 3.63) is 58.1 Å². The number of benzene rings is 2. The topological polar surface area (TPSA) is 67.6 Å². The third-order valence-electron chi connectivity index (χ3n) is 7.08. The van der Waals surface area contributed by atoms with E-state index in [0.717, 1.165) is 66.0 Å². The molecule has 2 aromatic rings. The number of nitrogen functional groups attached to an aromatic ring is 1. The Labute approximate surface area is 193 Å². The predicted molar refractivity (Wildman–Crippen MR) is 132 cm³/mol. The molecule has 1 amide bonds. The number of carbonyl (C=O) groups is 1. The Morgan fingerprint density at radius 3 is 2.25 bits per heavy atom. The van der Waals surface area contributed by atoms with Crippen molar-refractivity contribution in [2.24, 2.45) is 0 Å². The molecule has 174 valence electrons. The van der Waals surface area contributed by atoms with Crippen LogP contribution < -0.4 is 15.8 Å². The number of ether oxygens (including phenoxy) is 1. The normalized spacial score (nSPS) is 16.0. The summed E-state index contributed by atoms with van der Waals surface area (Å²) in [6, 6.07) is 11.4. The standard InChI is InChI=1S/C27H39N3O2/c1-18(17-23-9-7-6-8-10-23)30-14-11-24(12-15-30)29-25(31)13-16-32-27-21(4)19(2)26(28)20(3)22(27)5/h6-10,18,24H,11-17,28H2,1-5H3,(H,29,31). The van der Waals surface area contributed by atoms with E-state index >= 15 is 0 Å². The molecule has 1 unspecified atom stereocenters. The molecule has 0 aromatic heterocycles. The zero-order chi connectivity index (χ0) is 23.3. The van der Waals surface area contributed by atoms with E-state index < -0.39 is 0 Å². The minimum atomic E-state index is 0.0694. The van der Waals surface area contributed by atoms with Gasteiger partial charge in [0.2, 0.25) is 5.91 Å². The molecule has 1 fully saturated rings. The molecule has 2 aromatic carbocycles. The summed E-state index contributed by atoms with van der Waals surface area (Å²) >= 11 is 0. The average molecular weight is 438 g/mol. The fourth-order valence-corrected chi connectivity index (χ4v) is 4.64. The maximum Gasteiger partial charge on any atom is 0.223 e. The minimum absolute atomic E-state index is 0.0694. The maximum absolute atomic E-state index is 12.5. The highest BCUT2D eigenvalue weighted by atomic mass is 16.5. The molecule has 3 N–H and O–H groups in total. The molecular weight excluding hydrogens is 398 g/mol. The van der Waals surface area contributed by atoms with E-state index in [-0.39, 0.29) is 11.9 Å². The number of piperidine rings is 1. The van der Waals surface area contributed by atoms with Crippen molar-refractivity contribution in [1.82, 2.24) is 10.2 Å². The van der Waals surface area contributed by atoms with E-state index in [0.29, 0.717) is 19.1 Å².